The number of phenolic OH excluding ortho intramolecular Hbond substituents is 1. The number of quaternary nitrogens is 1. The number of fused-ring (bicyclic) bond motifs is 1. The number of benzene rings is 1. The molecule has 118 valence electrons. The SMILES string of the molecule is Cc1cc(=O)oc2c(C[NH2+]C(C(=O)O)C(C)C)c(O)ccc12. The van der Waals surface area contributed by atoms with Crippen molar-refractivity contribution in [1.29, 1.82) is 0 Å². The van der Waals surface area contributed by atoms with Crippen molar-refractivity contribution in [1.82, 2.24) is 0 Å². The second-order valence-electron chi connectivity index (χ2n) is 5.74. The molecule has 1 heterocycles. The first-order valence-electron chi connectivity index (χ1n) is 7.12. The largest absolute Gasteiger partial charge is 0.507 e. The van der Waals surface area contributed by atoms with Crippen LogP contribution in [0.1, 0.15) is 25.0 Å². The molecule has 2 rings (SSSR count). The number of carboxylic acid groups (broad SMARTS) is 1. The third kappa shape index (κ3) is 3.12. The Bertz CT molecular complexity index is 763. The van der Waals surface area contributed by atoms with Crippen LogP contribution in [0.2, 0.25) is 0 Å². The van der Waals surface area contributed by atoms with Crippen molar-refractivity contribution in [3.05, 3.63) is 39.7 Å². The van der Waals surface area contributed by atoms with Crippen LogP contribution in [0.15, 0.2) is 27.4 Å². The number of carboxylic acids is 1. The van der Waals surface area contributed by atoms with Gasteiger partial charge in [0.1, 0.15) is 12.3 Å². The van der Waals surface area contributed by atoms with E-state index in [1.165, 1.54) is 12.1 Å². The van der Waals surface area contributed by atoms with Crippen LogP contribution in [0.5, 0.6) is 5.75 Å². The highest BCUT2D eigenvalue weighted by Crippen LogP contribution is 2.27. The monoisotopic (exact) mass is 306 g/mol. The molecule has 0 bridgehead atoms. The summed E-state index contributed by atoms with van der Waals surface area (Å²) in [5.41, 5.74) is 1.01. The molecule has 0 saturated carbocycles. The molecule has 1 aromatic carbocycles. The molecule has 0 radical (unpaired) electrons. The normalized spacial score (nSPS) is 12.7. The van der Waals surface area contributed by atoms with Crippen molar-refractivity contribution in [3.63, 3.8) is 0 Å². The van der Waals surface area contributed by atoms with Crippen LogP contribution in [0.4, 0.5) is 0 Å². The third-order valence-electron chi connectivity index (χ3n) is 3.78. The second kappa shape index (κ2) is 6.19. The zero-order valence-electron chi connectivity index (χ0n) is 12.8. The molecular formula is C16H20NO5+. The quantitative estimate of drug-likeness (QED) is 0.714. The zero-order chi connectivity index (χ0) is 16.4. The topological polar surface area (TPSA) is 104 Å². The standard InChI is InChI=1S/C16H19NO5/c1-8(2)14(16(20)21)17-7-11-12(18)5-4-10-9(3)6-13(19)22-15(10)11/h4-6,8,14,17-18H,7H2,1-3H3,(H,20,21)/p+1. The van der Waals surface area contributed by atoms with Crippen LogP contribution >= 0.6 is 0 Å². The molecule has 0 aliphatic carbocycles. The van der Waals surface area contributed by atoms with E-state index < -0.39 is 17.6 Å². The average molecular weight is 306 g/mol. The number of hydrogen-bond donors (Lipinski definition) is 3. The lowest BCUT2D eigenvalue weighted by atomic mass is 10.0. The van der Waals surface area contributed by atoms with E-state index in [0.717, 1.165) is 10.9 Å². The Labute approximate surface area is 127 Å². The fourth-order valence-corrected chi connectivity index (χ4v) is 2.53. The predicted molar refractivity (Wildman–Crippen MR) is 80.8 cm³/mol. The Kier molecular flexibility index (Phi) is 4.51. The Morgan fingerprint density at radius 3 is 2.64 bits per heavy atom. The zero-order valence-corrected chi connectivity index (χ0v) is 12.8. The number of hydrogen-bond acceptors (Lipinski definition) is 4. The molecule has 22 heavy (non-hydrogen) atoms. The van der Waals surface area contributed by atoms with Gasteiger partial charge in [-0.3, -0.25) is 0 Å². The fourth-order valence-electron chi connectivity index (χ4n) is 2.53. The molecule has 0 amide bonds. The number of carbonyl (C=O) groups is 1. The maximum absolute atomic E-state index is 11.6. The van der Waals surface area contributed by atoms with Gasteiger partial charge >= 0.3 is 11.6 Å². The first-order valence-corrected chi connectivity index (χ1v) is 7.12. The number of aromatic hydroxyl groups is 1. The average Bonchev–Trinajstić information content (AvgIpc) is 2.40. The Morgan fingerprint density at radius 1 is 1.36 bits per heavy atom. The number of aryl methyl sites for hydroxylation is 1. The highest BCUT2D eigenvalue weighted by atomic mass is 16.4. The molecule has 0 aliphatic heterocycles. The predicted octanol–water partition coefficient (Wildman–Crippen LogP) is 0.980. The van der Waals surface area contributed by atoms with E-state index in [1.807, 2.05) is 13.8 Å². The molecule has 0 spiro atoms. The van der Waals surface area contributed by atoms with Crippen LogP contribution in [-0.4, -0.2) is 22.2 Å². The molecule has 1 unspecified atom stereocenters. The summed E-state index contributed by atoms with van der Waals surface area (Å²) >= 11 is 0. The first kappa shape index (κ1) is 16.0. The van der Waals surface area contributed by atoms with E-state index in [1.54, 1.807) is 18.3 Å². The minimum atomic E-state index is -0.910. The lowest BCUT2D eigenvalue weighted by Gasteiger charge is -2.15. The molecule has 0 aliphatic rings. The van der Waals surface area contributed by atoms with Gasteiger partial charge in [-0.2, -0.15) is 0 Å². The molecule has 1 atom stereocenters. The molecule has 1 aromatic heterocycles. The summed E-state index contributed by atoms with van der Waals surface area (Å²) in [4.78, 5) is 22.8. The summed E-state index contributed by atoms with van der Waals surface area (Å²) in [6.07, 6.45) is 0. The van der Waals surface area contributed by atoms with Crippen molar-refractivity contribution in [2.45, 2.75) is 33.4 Å². The van der Waals surface area contributed by atoms with Gasteiger partial charge in [-0.05, 0) is 24.6 Å². The number of phenols is 1. The minimum absolute atomic E-state index is 0.00889. The van der Waals surface area contributed by atoms with Crippen molar-refractivity contribution in [3.8, 4) is 5.75 Å². The lowest BCUT2D eigenvalue weighted by molar-refractivity contribution is -0.698. The molecule has 4 N–H and O–H groups in total. The molecule has 0 saturated heterocycles. The minimum Gasteiger partial charge on any atom is -0.507 e. The van der Waals surface area contributed by atoms with E-state index in [2.05, 4.69) is 0 Å². The van der Waals surface area contributed by atoms with Gasteiger partial charge in [0.05, 0.1) is 5.56 Å². The summed E-state index contributed by atoms with van der Waals surface area (Å²) in [5, 5.41) is 21.6. The first-order chi connectivity index (χ1) is 10.3. The Morgan fingerprint density at radius 2 is 2.05 bits per heavy atom. The van der Waals surface area contributed by atoms with Gasteiger partial charge in [-0.1, -0.05) is 13.8 Å². The van der Waals surface area contributed by atoms with Crippen LogP contribution in [0.3, 0.4) is 0 Å². The van der Waals surface area contributed by atoms with Gasteiger partial charge in [-0.25, -0.2) is 9.59 Å². The van der Waals surface area contributed by atoms with Crippen molar-refractivity contribution < 1.29 is 24.7 Å². The van der Waals surface area contributed by atoms with Crippen molar-refractivity contribution >= 4 is 16.9 Å². The summed E-state index contributed by atoms with van der Waals surface area (Å²) < 4.78 is 5.22. The van der Waals surface area contributed by atoms with Gasteiger partial charge in [-0.15, -0.1) is 0 Å². The van der Waals surface area contributed by atoms with Crippen molar-refractivity contribution in [2.24, 2.45) is 5.92 Å². The van der Waals surface area contributed by atoms with Crippen LogP contribution < -0.4 is 10.9 Å². The molecule has 6 nitrogen and oxygen atoms in total. The molecular weight excluding hydrogens is 286 g/mol. The van der Waals surface area contributed by atoms with E-state index in [0.29, 0.717) is 11.1 Å². The van der Waals surface area contributed by atoms with Crippen LogP contribution in [-0.2, 0) is 11.3 Å². The maximum Gasteiger partial charge on any atom is 0.362 e. The third-order valence-corrected chi connectivity index (χ3v) is 3.78. The summed E-state index contributed by atoms with van der Waals surface area (Å²) in [7, 11) is 0. The van der Waals surface area contributed by atoms with Crippen LogP contribution in [0, 0.1) is 12.8 Å². The summed E-state index contributed by atoms with van der Waals surface area (Å²) in [6, 6.07) is 3.97. The second-order valence-corrected chi connectivity index (χ2v) is 5.74. The highest BCUT2D eigenvalue weighted by Gasteiger charge is 2.26. The number of nitrogens with two attached hydrogens (primary N) is 1. The number of aliphatic carboxylic acids is 1. The summed E-state index contributed by atoms with van der Waals surface area (Å²) in [5.74, 6) is -0.985. The van der Waals surface area contributed by atoms with Gasteiger partial charge in [0, 0.05) is 17.4 Å². The van der Waals surface area contributed by atoms with Crippen molar-refractivity contribution in [2.75, 3.05) is 0 Å². The maximum atomic E-state index is 11.6. The van der Waals surface area contributed by atoms with E-state index in [9.17, 15) is 19.8 Å². The van der Waals surface area contributed by atoms with E-state index in [4.69, 9.17) is 4.42 Å². The van der Waals surface area contributed by atoms with Gasteiger partial charge in [0.25, 0.3) is 0 Å². The summed E-state index contributed by atoms with van der Waals surface area (Å²) in [6.45, 7) is 5.65. The molecule has 0 fully saturated rings. The lowest BCUT2D eigenvalue weighted by Crippen LogP contribution is -2.91. The number of rotatable bonds is 5. The molecule has 6 heteroatoms. The van der Waals surface area contributed by atoms with Gasteiger partial charge in [0.15, 0.2) is 11.6 Å². The van der Waals surface area contributed by atoms with E-state index >= 15 is 0 Å². The highest BCUT2D eigenvalue weighted by molar-refractivity contribution is 5.84. The van der Waals surface area contributed by atoms with Crippen LogP contribution in [0.25, 0.3) is 11.0 Å². The fraction of sp³-hybridized carbons (Fsp3) is 0.375. The Hall–Kier alpha value is -2.34. The van der Waals surface area contributed by atoms with Gasteiger partial charge < -0.3 is 19.9 Å². The smallest absolute Gasteiger partial charge is 0.362 e. The molecule has 2 aromatic rings. The Balaban J connectivity index is 2.44. The van der Waals surface area contributed by atoms with Gasteiger partial charge in [0.2, 0.25) is 0 Å². The van der Waals surface area contributed by atoms with E-state index in [-0.39, 0.29) is 18.2 Å².